The summed E-state index contributed by atoms with van der Waals surface area (Å²) in [4.78, 5) is 28.2. The number of amides is 1. The van der Waals surface area contributed by atoms with Gasteiger partial charge in [-0.2, -0.15) is 0 Å². The molecule has 5 rings (SSSR count). The molecule has 9 heteroatoms. The Labute approximate surface area is 245 Å². The van der Waals surface area contributed by atoms with Crippen LogP contribution in [0.3, 0.4) is 0 Å². The highest BCUT2D eigenvalue weighted by Crippen LogP contribution is 2.48. The van der Waals surface area contributed by atoms with Gasteiger partial charge in [0.2, 0.25) is 12.7 Å². The second-order valence-electron chi connectivity index (χ2n) is 10.7. The number of para-hydroxylation sites is 1. The molecule has 3 aromatic rings. The number of halogens is 1. The fourth-order valence-electron chi connectivity index (χ4n) is 6.07. The third-order valence-electron chi connectivity index (χ3n) is 8.08. The minimum absolute atomic E-state index is 0.0946. The Balaban J connectivity index is 1.51. The Hall–Kier alpha value is -4.11. The maximum absolute atomic E-state index is 15.7. The minimum atomic E-state index is -1.07. The fourth-order valence-corrected chi connectivity index (χ4v) is 6.07. The van der Waals surface area contributed by atoms with Crippen molar-refractivity contribution >= 4 is 17.6 Å². The summed E-state index contributed by atoms with van der Waals surface area (Å²) in [7, 11) is 0. The highest BCUT2D eigenvalue weighted by Gasteiger charge is 2.49. The normalized spacial score (nSPS) is 19.6. The van der Waals surface area contributed by atoms with Crippen LogP contribution in [0.5, 0.6) is 17.2 Å². The number of rotatable bonds is 11. The summed E-state index contributed by atoms with van der Waals surface area (Å²) in [6.07, 6.45) is 2.27. The molecule has 0 saturated carbocycles. The van der Waals surface area contributed by atoms with E-state index in [9.17, 15) is 14.7 Å². The van der Waals surface area contributed by atoms with Gasteiger partial charge in [0.1, 0.15) is 11.6 Å². The van der Waals surface area contributed by atoms with Crippen molar-refractivity contribution in [2.45, 2.75) is 52.0 Å². The molecule has 2 N–H and O–H groups in total. The van der Waals surface area contributed by atoms with Gasteiger partial charge in [-0.25, -0.2) is 4.39 Å². The maximum Gasteiger partial charge on any atom is 0.309 e. The summed E-state index contributed by atoms with van der Waals surface area (Å²) in [5, 5.41) is 13.6. The largest absolute Gasteiger partial charge is 0.494 e. The van der Waals surface area contributed by atoms with E-state index < -0.39 is 29.7 Å². The first-order valence-corrected chi connectivity index (χ1v) is 14.5. The average molecular weight is 577 g/mol. The molecule has 1 fully saturated rings. The predicted molar refractivity (Wildman–Crippen MR) is 157 cm³/mol. The van der Waals surface area contributed by atoms with Crippen LogP contribution in [0.4, 0.5) is 10.1 Å². The molecule has 8 nitrogen and oxygen atoms in total. The van der Waals surface area contributed by atoms with Gasteiger partial charge in [0, 0.05) is 29.8 Å². The lowest BCUT2D eigenvalue weighted by atomic mass is 9.82. The van der Waals surface area contributed by atoms with E-state index in [1.165, 1.54) is 6.07 Å². The fraction of sp³-hybridized carbons (Fsp3) is 0.394. The van der Waals surface area contributed by atoms with E-state index in [4.69, 9.17) is 14.2 Å². The first-order chi connectivity index (χ1) is 20.3. The van der Waals surface area contributed by atoms with Gasteiger partial charge in [-0.3, -0.25) is 14.5 Å². The average Bonchev–Trinajstić information content (AvgIpc) is 3.60. The first kappa shape index (κ1) is 29.4. The van der Waals surface area contributed by atoms with Crippen molar-refractivity contribution in [3.63, 3.8) is 0 Å². The lowest BCUT2D eigenvalue weighted by molar-refractivity contribution is -0.143. The number of benzene rings is 3. The molecule has 2 heterocycles. The van der Waals surface area contributed by atoms with E-state index in [1.54, 1.807) is 29.2 Å². The zero-order chi connectivity index (χ0) is 29.8. The molecule has 0 bridgehead atoms. The quantitative estimate of drug-likeness (QED) is 0.291. The monoisotopic (exact) mass is 576 g/mol. The van der Waals surface area contributed by atoms with Gasteiger partial charge in [0.25, 0.3) is 0 Å². The molecule has 42 heavy (non-hydrogen) atoms. The van der Waals surface area contributed by atoms with E-state index in [0.29, 0.717) is 23.9 Å². The molecule has 2 aliphatic heterocycles. The van der Waals surface area contributed by atoms with Crippen LogP contribution in [0.15, 0.2) is 54.6 Å². The molecule has 3 unspecified atom stereocenters. The molecular weight excluding hydrogens is 539 g/mol. The molecule has 1 saturated heterocycles. The molecule has 2 aliphatic rings. The number of carbonyl (C=O) groups excluding carboxylic acids is 1. The van der Waals surface area contributed by atoms with Crippen LogP contribution in [-0.4, -0.2) is 48.4 Å². The first-order valence-electron chi connectivity index (χ1n) is 14.5. The Morgan fingerprint density at radius 1 is 1.02 bits per heavy atom. The molecule has 3 aromatic carbocycles. The van der Waals surface area contributed by atoms with Gasteiger partial charge in [-0.1, -0.05) is 51.1 Å². The number of hydrogen-bond acceptors (Lipinski definition) is 6. The number of aryl methyl sites for hydroxylation is 2. The zero-order valence-electron chi connectivity index (χ0n) is 24.2. The number of fused-ring (bicyclic) bond motifs is 1. The van der Waals surface area contributed by atoms with E-state index in [0.717, 1.165) is 41.6 Å². The standard InChI is InChI=1S/C33H37FN2O6/c1-4-14-40-23-11-12-24(26(34)16-23)32-30(33(38)39)25(22-10-13-27-28(15-22)42-19-41-27)17-36(32)18-29(37)35-31-20(5-2)8-7-9-21(31)6-3/h7-13,15-16,25,30,32H,4-6,14,17-19H2,1-3H3,(H,35,37)(H,38,39). The number of nitrogens with zero attached hydrogens (tertiary/aromatic N) is 1. The lowest BCUT2D eigenvalue weighted by Crippen LogP contribution is -2.35. The van der Waals surface area contributed by atoms with Crippen LogP contribution in [0.25, 0.3) is 0 Å². The van der Waals surface area contributed by atoms with Crippen molar-refractivity contribution < 1.29 is 33.3 Å². The summed E-state index contributed by atoms with van der Waals surface area (Å²) >= 11 is 0. The molecule has 0 radical (unpaired) electrons. The summed E-state index contributed by atoms with van der Waals surface area (Å²) in [6, 6.07) is 15.0. The number of likely N-dealkylation sites (tertiary alicyclic amines) is 1. The maximum atomic E-state index is 15.7. The van der Waals surface area contributed by atoms with Crippen molar-refractivity contribution in [3.8, 4) is 17.2 Å². The smallest absolute Gasteiger partial charge is 0.309 e. The number of carbonyl (C=O) groups is 2. The van der Waals surface area contributed by atoms with Crippen molar-refractivity contribution in [1.29, 1.82) is 0 Å². The van der Waals surface area contributed by atoms with E-state index in [2.05, 4.69) is 5.32 Å². The summed E-state index contributed by atoms with van der Waals surface area (Å²) in [5.41, 5.74) is 3.78. The van der Waals surface area contributed by atoms with Crippen molar-refractivity contribution in [2.24, 2.45) is 5.92 Å². The highest BCUT2D eigenvalue weighted by molar-refractivity contribution is 5.94. The van der Waals surface area contributed by atoms with Gasteiger partial charge < -0.3 is 24.6 Å². The second kappa shape index (κ2) is 12.8. The molecule has 222 valence electrons. The topological polar surface area (TPSA) is 97.3 Å². The number of anilines is 1. The molecule has 0 aromatic heterocycles. The van der Waals surface area contributed by atoms with Crippen LogP contribution in [0.2, 0.25) is 0 Å². The number of hydrogen-bond donors (Lipinski definition) is 2. The van der Waals surface area contributed by atoms with Crippen LogP contribution in [-0.2, 0) is 22.4 Å². The van der Waals surface area contributed by atoms with Crippen LogP contribution < -0.4 is 19.5 Å². The third-order valence-corrected chi connectivity index (χ3v) is 8.08. The number of ether oxygens (including phenoxy) is 3. The number of carboxylic acids is 1. The predicted octanol–water partition coefficient (Wildman–Crippen LogP) is 5.95. The van der Waals surface area contributed by atoms with E-state index in [-0.39, 0.29) is 31.4 Å². The highest BCUT2D eigenvalue weighted by atomic mass is 19.1. The van der Waals surface area contributed by atoms with Gasteiger partial charge >= 0.3 is 5.97 Å². The van der Waals surface area contributed by atoms with Crippen LogP contribution in [0.1, 0.15) is 61.4 Å². The Kier molecular flexibility index (Phi) is 8.97. The molecule has 3 atom stereocenters. The molecule has 0 aliphatic carbocycles. The molecular formula is C33H37FN2O6. The van der Waals surface area contributed by atoms with Gasteiger partial charge in [-0.15, -0.1) is 0 Å². The van der Waals surface area contributed by atoms with Crippen molar-refractivity contribution in [2.75, 3.05) is 31.8 Å². The third kappa shape index (κ3) is 5.92. The Morgan fingerprint density at radius 3 is 2.43 bits per heavy atom. The van der Waals surface area contributed by atoms with E-state index >= 15 is 4.39 Å². The second-order valence-corrected chi connectivity index (χ2v) is 10.7. The SMILES string of the molecule is CCCOc1ccc(C2C(C(=O)O)C(c3ccc4c(c3)OCO4)CN2CC(=O)Nc2c(CC)cccc2CC)c(F)c1. The summed E-state index contributed by atoms with van der Waals surface area (Å²) < 4.78 is 32.3. The zero-order valence-corrected chi connectivity index (χ0v) is 24.2. The van der Waals surface area contributed by atoms with Crippen molar-refractivity contribution in [1.82, 2.24) is 4.90 Å². The van der Waals surface area contributed by atoms with E-state index in [1.807, 2.05) is 45.0 Å². The van der Waals surface area contributed by atoms with Gasteiger partial charge in [0.15, 0.2) is 11.5 Å². The lowest BCUT2D eigenvalue weighted by Gasteiger charge is -2.27. The number of aliphatic carboxylic acids is 1. The Bertz CT molecular complexity index is 1440. The minimum Gasteiger partial charge on any atom is -0.494 e. The summed E-state index contributed by atoms with van der Waals surface area (Å²) in [6.45, 7) is 6.69. The Morgan fingerprint density at radius 2 is 1.76 bits per heavy atom. The van der Waals surface area contributed by atoms with Crippen LogP contribution in [0, 0.1) is 11.7 Å². The van der Waals surface area contributed by atoms with Gasteiger partial charge in [-0.05, 0) is 54.2 Å². The molecule has 1 amide bonds. The summed E-state index contributed by atoms with van der Waals surface area (Å²) in [5.74, 6) is -1.97. The molecule has 0 spiro atoms. The number of carboxylic acid groups (broad SMARTS) is 1. The van der Waals surface area contributed by atoms with Crippen LogP contribution >= 0.6 is 0 Å². The van der Waals surface area contributed by atoms with Gasteiger partial charge in [0.05, 0.1) is 25.1 Å². The van der Waals surface area contributed by atoms with Crippen molar-refractivity contribution in [3.05, 3.63) is 82.7 Å². The number of nitrogens with one attached hydrogen (secondary N) is 1.